The molecule has 2 fully saturated rings. The number of aliphatic imine (C=N–C) groups is 1. The zero-order valence-electron chi connectivity index (χ0n) is 21.8. The molecule has 0 aliphatic carbocycles. The topological polar surface area (TPSA) is 144 Å². The zero-order valence-corrected chi connectivity index (χ0v) is 23.4. The molecule has 3 aromatic heterocycles. The predicted molar refractivity (Wildman–Crippen MR) is 152 cm³/mol. The molecule has 0 radical (unpaired) electrons. The van der Waals surface area contributed by atoms with Gasteiger partial charge in [0, 0.05) is 39.6 Å². The second kappa shape index (κ2) is 10.2. The first-order valence-electron chi connectivity index (χ1n) is 12.5. The number of hydrogen-bond acceptors (Lipinski definition) is 10. The quantitative estimate of drug-likeness (QED) is 0.315. The summed E-state index contributed by atoms with van der Waals surface area (Å²) in [4.78, 5) is 20.7. The molecule has 2 N–H and O–H groups in total. The number of benzene rings is 1. The number of fused-ring (bicyclic) bond motifs is 2. The van der Waals surface area contributed by atoms with Crippen LogP contribution in [-0.2, 0) is 25.7 Å². The summed E-state index contributed by atoms with van der Waals surface area (Å²) in [5, 5.41) is 10.7. The van der Waals surface area contributed by atoms with Crippen LogP contribution in [0.15, 0.2) is 58.0 Å². The normalized spacial score (nSPS) is 24.2. The highest BCUT2D eigenvalue weighted by molar-refractivity contribution is 7.92. The average Bonchev–Trinajstić information content (AvgIpc) is 3.60. The van der Waals surface area contributed by atoms with Gasteiger partial charge in [-0.3, -0.25) is 14.2 Å². The number of aliphatic hydroxyl groups is 1. The molecule has 13 heteroatoms. The second-order valence-electron chi connectivity index (χ2n) is 9.97. The fourth-order valence-electron chi connectivity index (χ4n) is 4.87. The Labute approximate surface area is 235 Å². The number of rotatable bonds is 7. The van der Waals surface area contributed by atoms with Gasteiger partial charge in [-0.25, -0.2) is 9.35 Å². The van der Waals surface area contributed by atoms with Gasteiger partial charge in [0.2, 0.25) is 5.72 Å². The van der Waals surface area contributed by atoms with Crippen LogP contribution in [0.1, 0.15) is 5.56 Å². The summed E-state index contributed by atoms with van der Waals surface area (Å²) in [6.07, 6.45) is 2.89. The van der Waals surface area contributed by atoms with Gasteiger partial charge >= 0.3 is 0 Å². The van der Waals surface area contributed by atoms with Crippen molar-refractivity contribution < 1.29 is 23.5 Å². The lowest BCUT2D eigenvalue weighted by atomic mass is 10.0. The van der Waals surface area contributed by atoms with E-state index in [1.54, 1.807) is 24.8 Å². The molecule has 5 heterocycles. The molecule has 2 aliphatic rings. The maximum absolute atomic E-state index is 11.9. The molecule has 0 spiro atoms. The third kappa shape index (κ3) is 4.97. The predicted octanol–water partition coefficient (Wildman–Crippen LogP) is 3.50. The van der Waals surface area contributed by atoms with E-state index in [0.29, 0.717) is 28.4 Å². The summed E-state index contributed by atoms with van der Waals surface area (Å²) >= 11 is 6.61. The molecule has 1 aromatic carbocycles. The number of pyridine rings is 2. The van der Waals surface area contributed by atoms with Crippen LogP contribution in [0.25, 0.3) is 33.7 Å². The molecule has 4 aromatic rings. The van der Waals surface area contributed by atoms with E-state index in [0.717, 1.165) is 22.4 Å². The van der Waals surface area contributed by atoms with E-state index < -0.39 is 33.8 Å². The van der Waals surface area contributed by atoms with Crippen LogP contribution in [0, 0.1) is 0 Å². The van der Waals surface area contributed by atoms with Crippen LogP contribution >= 0.6 is 11.6 Å². The smallest absolute Gasteiger partial charge is 0.296 e. The molecule has 2 aliphatic heterocycles. The van der Waals surface area contributed by atoms with Crippen molar-refractivity contribution in [1.82, 2.24) is 19.9 Å². The van der Waals surface area contributed by atoms with E-state index in [2.05, 4.69) is 36.0 Å². The molecule has 2 saturated heterocycles. The molecular formula is C27H27ClN6O5S. The minimum absolute atomic E-state index is 0.0842. The Morgan fingerprint density at radius 1 is 1.20 bits per heavy atom. The van der Waals surface area contributed by atoms with Crippen LogP contribution in [-0.4, -0.2) is 85.7 Å². The lowest BCUT2D eigenvalue weighted by Crippen LogP contribution is -2.46. The number of aromatic amines is 1. The number of H-pyrrole nitrogens is 1. The van der Waals surface area contributed by atoms with Gasteiger partial charge in [0.05, 0.1) is 41.7 Å². The summed E-state index contributed by atoms with van der Waals surface area (Å²) in [7, 11) is -2.18. The van der Waals surface area contributed by atoms with E-state index in [-0.39, 0.29) is 19.2 Å². The van der Waals surface area contributed by atoms with Crippen molar-refractivity contribution in [2.45, 2.75) is 30.6 Å². The Morgan fingerprint density at radius 2 is 1.98 bits per heavy atom. The van der Waals surface area contributed by atoms with Gasteiger partial charge in [-0.15, -0.1) is 0 Å². The highest BCUT2D eigenvalue weighted by Crippen LogP contribution is 2.40. The van der Waals surface area contributed by atoms with Crippen molar-refractivity contribution in [3.05, 3.63) is 59.2 Å². The highest BCUT2D eigenvalue weighted by atomic mass is 35.5. The first-order chi connectivity index (χ1) is 19.1. The van der Waals surface area contributed by atoms with Crippen LogP contribution in [0.2, 0.25) is 5.02 Å². The molecule has 0 bridgehead atoms. The van der Waals surface area contributed by atoms with Crippen LogP contribution in [0.4, 0.5) is 0 Å². The molecule has 208 valence electrons. The molecule has 0 amide bonds. The van der Waals surface area contributed by atoms with E-state index >= 15 is 0 Å². The Kier molecular flexibility index (Phi) is 6.83. The Balaban J connectivity index is 1.22. The fraction of sp³-hybridized carbons (Fsp3) is 0.333. The highest BCUT2D eigenvalue weighted by Gasteiger charge is 2.61. The maximum atomic E-state index is 11.9. The molecule has 0 unspecified atom stereocenters. The van der Waals surface area contributed by atoms with Gasteiger partial charge in [0.25, 0.3) is 6.01 Å². The van der Waals surface area contributed by atoms with E-state index in [4.69, 9.17) is 25.8 Å². The Hall–Kier alpha value is -3.42. The van der Waals surface area contributed by atoms with Gasteiger partial charge in [-0.1, -0.05) is 35.9 Å². The van der Waals surface area contributed by atoms with Crippen LogP contribution in [0.3, 0.4) is 0 Å². The SMILES string of the molecule is C=N[C@]12OC[C@@H](Oc3nc4nc(-c5ccc(-c6cc(CN=S(C)(C)=O)ccn6)cc5)c(Cl)cc4[nH]3)[C@H]1OC[C@H]2O. The second-order valence-corrected chi connectivity index (χ2v) is 13.0. The minimum Gasteiger partial charge on any atom is -0.456 e. The molecule has 0 saturated carbocycles. The molecule has 40 heavy (non-hydrogen) atoms. The lowest BCUT2D eigenvalue weighted by molar-refractivity contribution is -0.0686. The van der Waals surface area contributed by atoms with Gasteiger partial charge in [0.1, 0.15) is 12.2 Å². The van der Waals surface area contributed by atoms with Crippen molar-refractivity contribution in [2.24, 2.45) is 9.36 Å². The number of imidazole rings is 1. The van der Waals surface area contributed by atoms with Gasteiger partial charge in [-0.2, -0.15) is 4.98 Å². The summed E-state index contributed by atoms with van der Waals surface area (Å²) in [6, 6.07) is 13.5. The van der Waals surface area contributed by atoms with Crippen molar-refractivity contribution in [3.63, 3.8) is 0 Å². The van der Waals surface area contributed by atoms with Crippen LogP contribution in [0.5, 0.6) is 6.01 Å². The summed E-state index contributed by atoms with van der Waals surface area (Å²) in [6.45, 7) is 4.17. The average molecular weight is 583 g/mol. The first kappa shape index (κ1) is 26.8. The van der Waals surface area contributed by atoms with Gasteiger partial charge < -0.3 is 24.3 Å². The Morgan fingerprint density at radius 3 is 2.73 bits per heavy atom. The third-order valence-corrected chi connectivity index (χ3v) is 7.93. The molecule has 6 rings (SSSR count). The lowest BCUT2D eigenvalue weighted by Gasteiger charge is -2.25. The largest absolute Gasteiger partial charge is 0.456 e. The number of nitrogens with zero attached hydrogens (tertiary/aromatic N) is 5. The maximum Gasteiger partial charge on any atom is 0.296 e. The number of nitrogens with one attached hydrogen (secondary N) is 1. The standard InChI is InChI=1S/C27H27ClN6O5S/c1-29-27-22(35)14-37-24(27)21(13-38-27)39-26-32-20-11-18(28)23(33-25(20)34-26)17-6-4-16(5-7-17)19-10-15(8-9-30-19)12-31-40(2,3)36/h4-11,21-22,24,35H,1,12-14H2,2-3H3,(H,32,33,34)/t21-,22-,24-,27-/m1/s1. The van der Waals surface area contributed by atoms with Crippen molar-refractivity contribution >= 4 is 39.2 Å². The zero-order chi connectivity index (χ0) is 28.1. The van der Waals surface area contributed by atoms with E-state index in [9.17, 15) is 9.32 Å². The molecule has 11 nitrogen and oxygen atoms in total. The number of ether oxygens (including phenoxy) is 3. The summed E-state index contributed by atoms with van der Waals surface area (Å²) in [5.41, 5.74) is 3.81. The van der Waals surface area contributed by atoms with Gasteiger partial charge in [-0.05, 0) is 30.5 Å². The van der Waals surface area contributed by atoms with Crippen molar-refractivity contribution in [1.29, 1.82) is 0 Å². The number of hydrogen-bond donors (Lipinski definition) is 2. The fourth-order valence-corrected chi connectivity index (χ4v) is 5.59. The molecule has 4 atom stereocenters. The van der Waals surface area contributed by atoms with Gasteiger partial charge in [0.15, 0.2) is 11.8 Å². The van der Waals surface area contributed by atoms with E-state index in [1.807, 2.05) is 36.4 Å². The Bertz CT molecular complexity index is 1710. The van der Waals surface area contributed by atoms with Crippen molar-refractivity contribution in [2.75, 3.05) is 25.7 Å². The number of aliphatic hydroxyl groups excluding tert-OH is 1. The minimum atomic E-state index is -2.18. The van der Waals surface area contributed by atoms with E-state index in [1.165, 1.54) is 0 Å². The first-order valence-corrected chi connectivity index (χ1v) is 15.2. The monoisotopic (exact) mass is 582 g/mol. The summed E-state index contributed by atoms with van der Waals surface area (Å²) in [5.74, 6) is 0. The van der Waals surface area contributed by atoms with Crippen LogP contribution < -0.4 is 4.74 Å². The summed E-state index contributed by atoms with van der Waals surface area (Å²) < 4.78 is 33.6. The molecular weight excluding hydrogens is 556 g/mol. The number of aromatic nitrogens is 4. The third-order valence-electron chi connectivity index (χ3n) is 6.89. The number of halogens is 1. The van der Waals surface area contributed by atoms with Crippen molar-refractivity contribution in [3.8, 4) is 28.5 Å².